The highest BCUT2D eigenvalue weighted by atomic mass is 32.1. The second kappa shape index (κ2) is 13.1. The number of carbonyl (C=O) groups is 4. The zero-order valence-electron chi connectivity index (χ0n) is 18.5. The third-order valence-corrected chi connectivity index (χ3v) is 5.58. The smallest absolute Gasteiger partial charge is 0.326 e. The third-order valence-electron chi connectivity index (χ3n) is 5.22. The first-order chi connectivity index (χ1) is 15.0. The maximum Gasteiger partial charge on any atom is 0.326 e. The number of amides is 3. The van der Waals surface area contributed by atoms with Crippen LogP contribution in [0.1, 0.15) is 39.5 Å². The molecule has 4 unspecified atom stereocenters. The van der Waals surface area contributed by atoms with Crippen LogP contribution in [0, 0.1) is 5.92 Å². The highest BCUT2D eigenvalue weighted by molar-refractivity contribution is 7.80. The Morgan fingerprint density at radius 1 is 1.16 bits per heavy atom. The van der Waals surface area contributed by atoms with Gasteiger partial charge in [0.05, 0.1) is 6.04 Å². The van der Waals surface area contributed by atoms with Crippen LogP contribution in [0.25, 0.3) is 0 Å². The number of aliphatic carboxylic acids is 1. The molecule has 1 aliphatic heterocycles. The summed E-state index contributed by atoms with van der Waals surface area (Å²) in [6.07, 6.45) is 1.51. The average Bonchev–Trinajstić information content (AvgIpc) is 3.22. The topological polar surface area (TPSA) is 206 Å². The summed E-state index contributed by atoms with van der Waals surface area (Å²) < 4.78 is 0. The SMILES string of the molecule is CC(C)C(N)C(=O)NC(CCCN=C(N)N)C(=O)NC(CS)C(=O)N1CCCC1C(=O)O. The Hall–Kier alpha value is -2.54. The van der Waals surface area contributed by atoms with Gasteiger partial charge in [-0.1, -0.05) is 13.8 Å². The summed E-state index contributed by atoms with van der Waals surface area (Å²) in [4.78, 5) is 54.7. The van der Waals surface area contributed by atoms with Crippen molar-refractivity contribution in [1.29, 1.82) is 0 Å². The van der Waals surface area contributed by atoms with Crippen molar-refractivity contribution in [3.05, 3.63) is 0 Å². The summed E-state index contributed by atoms with van der Waals surface area (Å²) in [5, 5.41) is 14.5. The number of hydrogen-bond acceptors (Lipinski definition) is 7. The number of guanidine groups is 1. The second-order valence-electron chi connectivity index (χ2n) is 8.05. The largest absolute Gasteiger partial charge is 0.480 e. The zero-order chi connectivity index (χ0) is 24.4. The molecule has 182 valence electrons. The lowest BCUT2D eigenvalue weighted by Crippen LogP contribution is -2.58. The third kappa shape index (κ3) is 8.19. The first kappa shape index (κ1) is 27.5. The minimum atomic E-state index is -1.09. The molecule has 0 saturated carbocycles. The summed E-state index contributed by atoms with van der Waals surface area (Å²) in [5.74, 6) is -2.98. The van der Waals surface area contributed by atoms with E-state index in [9.17, 15) is 24.3 Å². The molecule has 4 atom stereocenters. The number of likely N-dealkylation sites (tertiary alicyclic amines) is 1. The van der Waals surface area contributed by atoms with Crippen molar-refractivity contribution in [1.82, 2.24) is 15.5 Å². The van der Waals surface area contributed by atoms with Crippen LogP contribution in [0.2, 0.25) is 0 Å². The van der Waals surface area contributed by atoms with E-state index in [2.05, 4.69) is 28.3 Å². The molecule has 1 saturated heterocycles. The van der Waals surface area contributed by atoms with Crippen LogP contribution < -0.4 is 27.8 Å². The minimum Gasteiger partial charge on any atom is -0.480 e. The molecule has 0 aromatic carbocycles. The Bertz CT molecular complexity index is 714. The summed E-state index contributed by atoms with van der Waals surface area (Å²) >= 11 is 4.15. The highest BCUT2D eigenvalue weighted by Crippen LogP contribution is 2.19. The van der Waals surface area contributed by atoms with Gasteiger partial charge in [0.25, 0.3) is 0 Å². The standard InChI is InChI=1S/C19H35N7O5S/c1-10(2)14(20)16(28)24-11(5-3-7-23-19(21)22)15(27)25-12(9-32)17(29)26-8-4-6-13(26)18(30)31/h10-14,32H,3-9,20H2,1-2H3,(H,24,28)(H,25,27)(H,30,31)(H4,21,22,23). The second-order valence-corrected chi connectivity index (χ2v) is 8.42. The van der Waals surface area contributed by atoms with E-state index in [0.717, 1.165) is 0 Å². The van der Waals surface area contributed by atoms with Crippen LogP contribution in [-0.4, -0.2) is 82.7 Å². The molecule has 0 aliphatic carbocycles. The molecule has 0 aromatic heterocycles. The van der Waals surface area contributed by atoms with Gasteiger partial charge in [-0.25, -0.2) is 4.79 Å². The van der Waals surface area contributed by atoms with E-state index >= 15 is 0 Å². The van der Waals surface area contributed by atoms with Crippen molar-refractivity contribution in [2.24, 2.45) is 28.1 Å². The van der Waals surface area contributed by atoms with Crippen LogP contribution >= 0.6 is 12.6 Å². The van der Waals surface area contributed by atoms with Crippen molar-refractivity contribution in [2.75, 3.05) is 18.8 Å². The number of nitrogens with one attached hydrogen (secondary N) is 2. The van der Waals surface area contributed by atoms with Crippen molar-refractivity contribution >= 4 is 42.3 Å². The number of nitrogens with zero attached hydrogens (tertiary/aromatic N) is 2. The van der Waals surface area contributed by atoms with Gasteiger partial charge >= 0.3 is 5.97 Å². The number of carboxylic acid groups (broad SMARTS) is 1. The van der Waals surface area contributed by atoms with Crippen LogP contribution in [0.15, 0.2) is 4.99 Å². The molecule has 3 amide bonds. The van der Waals surface area contributed by atoms with E-state index in [0.29, 0.717) is 19.3 Å². The Kier molecular flexibility index (Phi) is 11.3. The fraction of sp³-hybridized carbons (Fsp3) is 0.737. The number of rotatable bonds is 12. The number of aliphatic imine (C=N–C) groups is 1. The van der Waals surface area contributed by atoms with Crippen molar-refractivity contribution < 1.29 is 24.3 Å². The maximum atomic E-state index is 12.9. The first-order valence-electron chi connectivity index (χ1n) is 10.5. The van der Waals surface area contributed by atoms with E-state index in [-0.39, 0.29) is 37.1 Å². The van der Waals surface area contributed by atoms with Crippen molar-refractivity contribution in [2.45, 2.75) is 63.7 Å². The summed E-state index contributed by atoms with van der Waals surface area (Å²) in [6, 6.07) is -3.76. The van der Waals surface area contributed by atoms with Crippen LogP contribution in [-0.2, 0) is 19.2 Å². The molecule has 1 fully saturated rings. The lowest BCUT2D eigenvalue weighted by atomic mass is 10.0. The van der Waals surface area contributed by atoms with Crippen molar-refractivity contribution in [3.8, 4) is 0 Å². The molecule has 13 heteroatoms. The van der Waals surface area contributed by atoms with Gasteiger partial charge in [-0.15, -0.1) is 0 Å². The number of thiol groups is 1. The number of nitrogens with two attached hydrogens (primary N) is 3. The zero-order valence-corrected chi connectivity index (χ0v) is 19.4. The molecule has 0 radical (unpaired) electrons. The maximum absolute atomic E-state index is 12.9. The first-order valence-corrected chi connectivity index (χ1v) is 11.2. The predicted molar refractivity (Wildman–Crippen MR) is 123 cm³/mol. The van der Waals surface area contributed by atoms with Gasteiger partial charge < -0.3 is 37.8 Å². The summed E-state index contributed by atoms with van der Waals surface area (Å²) in [6.45, 7) is 4.10. The highest BCUT2D eigenvalue weighted by Gasteiger charge is 2.38. The Balaban J connectivity index is 2.90. The van der Waals surface area contributed by atoms with E-state index in [1.165, 1.54) is 4.90 Å². The number of carboxylic acids is 1. The van der Waals surface area contributed by atoms with E-state index in [1.807, 2.05) is 0 Å². The fourth-order valence-corrected chi connectivity index (χ4v) is 3.54. The summed E-state index contributed by atoms with van der Waals surface area (Å²) in [7, 11) is 0. The van der Waals surface area contributed by atoms with Gasteiger partial charge in [0.15, 0.2) is 5.96 Å². The summed E-state index contributed by atoms with van der Waals surface area (Å²) in [5.41, 5.74) is 16.5. The van der Waals surface area contributed by atoms with Gasteiger partial charge in [0.2, 0.25) is 17.7 Å². The van der Waals surface area contributed by atoms with Crippen LogP contribution in [0.3, 0.4) is 0 Å². The van der Waals surface area contributed by atoms with E-state index < -0.39 is 47.9 Å². The van der Waals surface area contributed by atoms with Gasteiger partial charge in [0, 0.05) is 18.8 Å². The quantitative estimate of drug-likeness (QED) is 0.0728. The molecule has 1 aliphatic rings. The van der Waals surface area contributed by atoms with Gasteiger partial charge in [-0.05, 0) is 31.6 Å². The predicted octanol–water partition coefficient (Wildman–Crippen LogP) is -2.00. The molecular formula is C19H35N7O5S. The van der Waals surface area contributed by atoms with Crippen LogP contribution in [0.4, 0.5) is 0 Å². The lowest BCUT2D eigenvalue weighted by molar-refractivity contribution is -0.149. The van der Waals surface area contributed by atoms with Crippen LogP contribution in [0.5, 0.6) is 0 Å². The monoisotopic (exact) mass is 473 g/mol. The average molecular weight is 474 g/mol. The van der Waals surface area contributed by atoms with Gasteiger partial charge in [0.1, 0.15) is 18.1 Å². The van der Waals surface area contributed by atoms with Crippen molar-refractivity contribution in [3.63, 3.8) is 0 Å². The Labute approximate surface area is 193 Å². The molecule has 1 heterocycles. The molecule has 0 aromatic rings. The molecular weight excluding hydrogens is 438 g/mol. The minimum absolute atomic E-state index is 0.0341. The van der Waals surface area contributed by atoms with E-state index in [4.69, 9.17) is 17.2 Å². The normalized spacial score (nSPS) is 18.5. The van der Waals surface area contributed by atoms with E-state index in [1.54, 1.807) is 13.8 Å². The fourth-order valence-electron chi connectivity index (χ4n) is 3.29. The van der Waals surface area contributed by atoms with Gasteiger partial charge in [-0.2, -0.15) is 12.6 Å². The molecule has 12 nitrogen and oxygen atoms in total. The number of hydrogen-bond donors (Lipinski definition) is 7. The lowest BCUT2D eigenvalue weighted by Gasteiger charge is -2.28. The molecule has 1 rings (SSSR count). The Morgan fingerprint density at radius 3 is 2.31 bits per heavy atom. The molecule has 0 bridgehead atoms. The molecule has 32 heavy (non-hydrogen) atoms. The molecule has 9 N–H and O–H groups in total. The number of carbonyl (C=O) groups excluding carboxylic acids is 3. The van der Waals surface area contributed by atoms with Gasteiger partial charge in [-0.3, -0.25) is 19.4 Å². The molecule has 0 spiro atoms. The Morgan fingerprint density at radius 2 is 1.78 bits per heavy atom.